The fourth-order valence-corrected chi connectivity index (χ4v) is 2.20. The molecule has 1 fully saturated rings. The summed E-state index contributed by atoms with van der Waals surface area (Å²) in [6.45, 7) is 0.550. The van der Waals surface area contributed by atoms with Crippen molar-refractivity contribution in [1.82, 2.24) is 24.5 Å². The molecule has 1 aliphatic rings. The third-order valence-electron chi connectivity index (χ3n) is 3.29. The van der Waals surface area contributed by atoms with E-state index in [0.717, 1.165) is 16.9 Å². The number of likely N-dealkylation sites (N-methyl/N-ethyl adjacent to an activating group) is 1. The fraction of sp³-hybridized carbons (Fsp3) is 0.455. The summed E-state index contributed by atoms with van der Waals surface area (Å²) in [4.78, 5) is 20.4. The van der Waals surface area contributed by atoms with Gasteiger partial charge in [0, 0.05) is 19.7 Å². The molecule has 2 aromatic heterocycles. The van der Waals surface area contributed by atoms with E-state index in [9.17, 15) is 18.0 Å². The summed E-state index contributed by atoms with van der Waals surface area (Å²) < 4.78 is 39.6. The Morgan fingerprint density at radius 1 is 1.43 bits per heavy atom. The molecule has 1 N–H and O–H groups in total. The fourth-order valence-electron chi connectivity index (χ4n) is 2.20. The number of nitrogens with one attached hydrogen (secondary N) is 1. The van der Waals surface area contributed by atoms with Gasteiger partial charge in [-0.3, -0.25) is 4.79 Å². The Bertz CT molecular complexity index is 697. The van der Waals surface area contributed by atoms with Crippen LogP contribution >= 0.6 is 0 Å². The number of hydrogen-bond donors (Lipinski definition) is 1. The molecule has 3 rings (SSSR count). The maximum absolute atomic E-state index is 12.8. The Hall–Kier alpha value is -2.39. The Balaban J connectivity index is 2.01. The molecule has 0 aliphatic carbocycles. The van der Waals surface area contributed by atoms with Gasteiger partial charge < -0.3 is 10.2 Å². The highest BCUT2D eigenvalue weighted by Gasteiger charge is 2.35. The Labute approximate surface area is 116 Å². The number of alkyl halides is 3. The van der Waals surface area contributed by atoms with E-state index < -0.39 is 17.9 Å². The zero-order valence-electron chi connectivity index (χ0n) is 10.9. The van der Waals surface area contributed by atoms with Crippen LogP contribution in [0.15, 0.2) is 12.4 Å². The molecule has 2 aromatic rings. The second-order valence-electron chi connectivity index (χ2n) is 4.74. The number of nitrogens with zero attached hydrogens (tertiary/aromatic N) is 5. The molecule has 0 spiro atoms. The number of likely N-dealkylation sites (tertiary alicyclic amines) is 1. The van der Waals surface area contributed by atoms with E-state index in [1.165, 1.54) is 4.90 Å². The summed E-state index contributed by atoms with van der Waals surface area (Å²) in [7, 11) is 1.64. The van der Waals surface area contributed by atoms with E-state index in [0.29, 0.717) is 13.0 Å². The minimum Gasteiger partial charge on any atom is -0.358 e. The third kappa shape index (κ3) is 2.36. The molecule has 1 atom stereocenters. The topological polar surface area (TPSA) is 75.4 Å². The van der Waals surface area contributed by atoms with Crippen LogP contribution in [-0.4, -0.2) is 50.0 Å². The van der Waals surface area contributed by atoms with Crippen molar-refractivity contribution in [3.63, 3.8) is 0 Å². The number of rotatable bonds is 2. The summed E-state index contributed by atoms with van der Waals surface area (Å²) in [5.74, 6) is -0.307. The van der Waals surface area contributed by atoms with Crippen LogP contribution in [0.4, 0.5) is 19.0 Å². The average Bonchev–Trinajstić information content (AvgIpc) is 2.99. The molecular weight excluding hydrogens is 289 g/mol. The normalized spacial score (nSPS) is 19.5. The second-order valence-corrected chi connectivity index (χ2v) is 4.74. The quantitative estimate of drug-likeness (QED) is 0.887. The van der Waals surface area contributed by atoms with Crippen LogP contribution in [0.5, 0.6) is 0 Å². The monoisotopic (exact) mass is 300 g/mol. The molecule has 0 radical (unpaired) electrons. The smallest absolute Gasteiger partial charge is 0.358 e. The minimum atomic E-state index is -4.60. The van der Waals surface area contributed by atoms with Gasteiger partial charge in [0.25, 0.3) is 5.78 Å². The second kappa shape index (κ2) is 4.57. The molecule has 21 heavy (non-hydrogen) atoms. The number of amides is 1. The summed E-state index contributed by atoms with van der Waals surface area (Å²) in [6.07, 6.45) is -2.98. The van der Waals surface area contributed by atoms with Gasteiger partial charge >= 0.3 is 6.18 Å². The minimum absolute atomic E-state index is 0.0403. The molecule has 112 valence electrons. The molecule has 0 saturated carbocycles. The molecular formula is C11H11F3N6O. The van der Waals surface area contributed by atoms with Gasteiger partial charge in [-0.1, -0.05) is 0 Å². The number of carbonyl (C=O) groups is 1. The van der Waals surface area contributed by atoms with Crippen LogP contribution in [0.2, 0.25) is 0 Å². The number of aromatic nitrogens is 4. The number of hydrogen-bond acceptors (Lipinski definition) is 5. The number of fused-ring (bicyclic) bond motifs is 1. The summed E-state index contributed by atoms with van der Waals surface area (Å²) in [5, 5.41) is 6.61. The molecule has 3 heterocycles. The van der Waals surface area contributed by atoms with Crippen LogP contribution in [0, 0.1) is 0 Å². The third-order valence-corrected chi connectivity index (χ3v) is 3.29. The van der Waals surface area contributed by atoms with Crippen molar-refractivity contribution >= 4 is 17.5 Å². The predicted octanol–water partition coefficient (Wildman–Crippen LogP) is 0.786. The van der Waals surface area contributed by atoms with Crippen molar-refractivity contribution in [2.24, 2.45) is 0 Å². The van der Waals surface area contributed by atoms with E-state index in [2.05, 4.69) is 20.4 Å². The zero-order chi connectivity index (χ0) is 15.2. The van der Waals surface area contributed by atoms with E-state index in [1.54, 1.807) is 7.05 Å². The Morgan fingerprint density at radius 2 is 2.19 bits per heavy atom. The summed E-state index contributed by atoms with van der Waals surface area (Å²) in [5.41, 5.74) is -1.08. The maximum Gasteiger partial charge on any atom is 0.433 e. The van der Waals surface area contributed by atoms with Crippen molar-refractivity contribution < 1.29 is 18.0 Å². The largest absolute Gasteiger partial charge is 0.433 e. The molecule has 1 aliphatic heterocycles. The highest BCUT2D eigenvalue weighted by molar-refractivity contribution is 5.86. The molecule has 10 heteroatoms. The van der Waals surface area contributed by atoms with Crippen molar-refractivity contribution in [1.29, 1.82) is 0 Å². The van der Waals surface area contributed by atoms with E-state index in [4.69, 9.17) is 0 Å². The lowest BCUT2D eigenvalue weighted by Gasteiger charge is -2.15. The van der Waals surface area contributed by atoms with Crippen LogP contribution in [0.25, 0.3) is 5.78 Å². The van der Waals surface area contributed by atoms with E-state index in [1.807, 2.05) is 0 Å². The van der Waals surface area contributed by atoms with Crippen LogP contribution < -0.4 is 5.32 Å². The van der Waals surface area contributed by atoms with Gasteiger partial charge in [-0.2, -0.15) is 27.8 Å². The first-order chi connectivity index (χ1) is 9.86. The lowest BCUT2D eigenvalue weighted by atomic mass is 10.2. The standard InChI is InChI=1S/C11H11F3N6O/c1-19-3-2-6(9(19)21)17-8-4-7(11(12,13)14)18-10-15-5-16-20(8)10/h4-6,17H,2-3H2,1H3. The first-order valence-corrected chi connectivity index (χ1v) is 6.16. The van der Waals surface area contributed by atoms with Crippen molar-refractivity contribution in [2.75, 3.05) is 18.9 Å². The van der Waals surface area contributed by atoms with Crippen molar-refractivity contribution in [3.05, 3.63) is 18.1 Å². The Kier molecular flexibility index (Phi) is 2.96. The van der Waals surface area contributed by atoms with Crippen molar-refractivity contribution in [2.45, 2.75) is 18.6 Å². The van der Waals surface area contributed by atoms with E-state index >= 15 is 0 Å². The highest BCUT2D eigenvalue weighted by Crippen LogP contribution is 2.30. The van der Waals surface area contributed by atoms with Crippen LogP contribution in [-0.2, 0) is 11.0 Å². The van der Waals surface area contributed by atoms with Gasteiger partial charge in [0.1, 0.15) is 18.2 Å². The van der Waals surface area contributed by atoms with Crippen LogP contribution in [0.1, 0.15) is 12.1 Å². The highest BCUT2D eigenvalue weighted by atomic mass is 19.4. The van der Waals surface area contributed by atoms with Crippen LogP contribution in [0.3, 0.4) is 0 Å². The number of halogens is 3. The lowest BCUT2D eigenvalue weighted by molar-refractivity contribution is -0.141. The maximum atomic E-state index is 12.8. The molecule has 7 nitrogen and oxygen atoms in total. The molecule has 1 saturated heterocycles. The van der Waals surface area contributed by atoms with Gasteiger partial charge in [0.05, 0.1) is 0 Å². The zero-order valence-corrected chi connectivity index (χ0v) is 10.9. The van der Waals surface area contributed by atoms with Gasteiger partial charge in [-0.15, -0.1) is 0 Å². The molecule has 0 aromatic carbocycles. The van der Waals surface area contributed by atoms with Crippen molar-refractivity contribution in [3.8, 4) is 0 Å². The summed E-state index contributed by atoms with van der Waals surface area (Å²) >= 11 is 0. The van der Waals surface area contributed by atoms with E-state index in [-0.39, 0.29) is 17.5 Å². The molecule has 1 unspecified atom stereocenters. The molecule has 1 amide bonds. The predicted molar refractivity (Wildman–Crippen MR) is 65.4 cm³/mol. The lowest BCUT2D eigenvalue weighted by Crippen LogP contribution is -2.31. The average molecular weight is 300 g/mol. The van der Waals surface area contributed by atoms with Gasteiger partial charge in [0.2, 0.25) is 5.91 Å². The SMILES string of the molecule is CN1CCC(Nc2cc(C(F)(F)F)nc3ncnn23)C1=O. The first-order valence-electron chi connectivity index (χ1n) is 6.16. The van der Waals surface area contributed by atoms with Gasteiger partial charge in [-0.25, -0.2) is 4.98 Å². The Morgan fingerprint density at radius 3 is 2.81 bits per heavy atom. The molecule has 0 bridgehead atoms. The van der Waals surface area contributed by atoms with Gasteiger partial charge in [-0.05, 0) is 6.42 Å². The number of carbonyl (C=O) groups excluding carboxylic acids is 1. The van der Waals surface area contributed by atoms with Gasteiger partial charge in [0.15, 0.2) is 5.69 Å². The first kappa shape index (κ1) is 13.6. The summed E-state index contributed by atoms with van der Waals surface area (Å²) in [6, 6.07) is 0.249. The number of anilines is 1.